The smallest absolute Gasteiger partial charge is 0.0956 e. The van der Waals surface area contributed by atoms with E-state index in [9.17, 15) is 0 Å². The van der Waals surface area contributed by atoms with Crippen LogP contribution >= 0.6 is 11.3 Å². The number of anilines is 3. The van der Waals surface area contributed by atoms with Crippen molar-refractivity contribution in [3.8, 4) is 0 Å². The molecule has 0 aliphatic carbocycles. The first-order valence-corrected chi connectivity index (χ1v) is 6.13. The number of hydrogen-bond acceptors (Lipinski definition) is 3. The molecule has 0 aliphatic heterocycles. The van der Waals surface area contributed by atoms with Gasteiger partial charge >= 0.3 is 0 Å². The summed E-state index contributed by atoms with van der Waals surface area (Å²) in [6.07, 6.45) is 0. The number of benzene rings is 1. The average molecular weight is 232 g/mol. The summed E-state index contributed by atoms with van der Waals surface area (Å²) >= 11 is 1.70. The van der Waals surface area contributed by atoms with Crippen molar-refractivity contribution in [1.29, 1.82) is 0 Å². The number of thiophene rings is 1. The molecule has 0 amide bonds. The second-order valence-corrected chi connectivity index (χ2v) is 5.00. The van der Waals surface area contributed by atoms with Gasteiger partial charge in [-0.1, -0.05) is 0 Å². The Bertz CT molecular complexity index is 515. The van der Waals surface area contributed by atoms with E-state index in [0.29, 0.717) is 0 Å². The van der Waals surface area contributed by atoms with E-state index in [1.807, 2.05) is 6.07 Å². The minimum atomic E-state index is 0.802. The minimum Gasteiger partial charge on any atom is -0.397 e. The molecule has 2 nitrogen and oxygen atoms in total. The van der Waals surface area contributed by atoms with Gasteiger partial charge in [0.1, 0.15) is 0 Å². The molecule has 0 aliphatic rings. The SMILES string of the molecule is Cc1cc(N)c(Nc2sccc2C)cc1C. The largest absolute Gasteiger partial charge is 0.397 e. The molecule has 2 aromatic rings. The number of nitrogen functional groups attached to an aromatic ring is 1. The molecular formula is C13H16N2S. The highest BCUT2D eigenvalue weighted by Gasteiger charge is 2.05. The molecule has 2 rings (SSSR count). The first-order chi connectivity index (χ1) is 7.58. The van der Waals surface area contributed by atoms with Gasteiger partial charge in [0.25, 0.3) is 0 Å². The lowest BCUT2D eigenvalue weighted by atomic mass is 10.1. The van der Waals surface area contributed by atoms with Crippen molar-refractivity contribution in [2.75, 3.05) is 11.1 Å². The topological polar surface area (TPSA) is 38.0 Å². The predicted octanol–water partition coefficient (Wildman–Crippen LogP) is 4.00. The molecule has 1 aromatic carbocycles. The van der Waals surface area contributed by atoms with Crippen LogP contribution in [0.5, 0.6) is 0 Å². The molecule has 1 heterocycles. The highest BCUT2D eigenvalue weighted by Crippen LogP contribution is 2.30. The monoisotopic (exact) mass is 232 g/mol. The highest BCUT2D eigenvalue weighted by molar-refractivity contribution is 7.14. The van der Waals surface area contributed by atoms with Crippen LogP contribution in [0.2, 0.25) is 0 Å². The summed E-state index contributed by atoms with van der Waals surface area (Å²) in [6.45, 7) is 6.27. The summed E-state index contributed by atoms with van der Waals surface area (Å²) in [5.74, 6) is 0. The van der Waals surface area contributed by atoms with Crippen molar-refractivity contribution >= 4 is 27.7 Å². The Morgan fingerprint density at radius 2 is 1.75 bits per heavy atom. The standard InChI is InChI=1S/C13H16N2S/c1-8-4-5-16-13(8)15-12-7-10(3)9(2)6-11(12)14/h4-7,15H,14H2,1-3H3. The summed E-state index contributed by atoms with van der Waals surface area (Å²) in [5, 5.41) is 6.62. The molecule has 0 spiro atoms. The zero-order valence-corrected chi connectivity index (χ0v) is 10.6. The maximum absolute atomic E-state index is 6.00. The van der Waals surface area contributed by atoms with Crippen LogP contribution in [0.15, 0.2) is 23.6 Å². The Morgan fingerprint density at radius 1 is 1.06 bits per heavy atom. The second-order valence-electron chi connectivity index (χ2n) is 4.08. The first-order valence-electron chi connectivity index (χ1n) is 5.26. The fourth-order valence-electron chi connectivity index (χ4n) is 1.57. The molecule has 0 fully saturated rings. The van der Waals surface area contributed by atoms with Gasteiger partial charge in [-0.05, 0) is 61.0 Å². The van der Waals surface area contributed by atoms with E-state index < -0.39 is 0 Å². The Labute approximate surface area is 100 Å². The van der Waals surface area contributed by atoms with Crippen molar-refractivity contribution in [3.05, 3.63) is 40.3 Å². The van der Waals surface area contributed by atoms with Crippen molar-refractivity contribution in [2.24, 2.45) is 0 Å². The Kier molecular flexibility index (Phi) is 2.88. The van der Waals surface area contributed by atoms with Gasteiger partial charge in [-0.15, -0.1) is 11.3 Å². The number of nitrogens with two attached hydrogens (primary N) is 1. The molecule has 0 saturated carbocycles. The number of rotatable bonds is 2. The van der Waals surface area contributed by atoms with Crippen LogP contribution in [0.3, 0.4) is 0 Å². The summed E-state index contributed by atoms with van der Waals surface area (Å²) in [7, 11) is 0. The van der Waals surface area contributed by atoms with E-state index >= 15 is 0 Å². The molecule has 0 bridgehead atoms. The van der Waals surface area contributed by atoms with Crippen molar-refractivity contribution in [2.45, 2.75) is 20.8 Å². The minimum absolute atomic E-state index is 0.802. The molecule has 16 heavy (non-hydrogen) atoms. The molecule has 0 saturated heterocycles. The molecule has 84 valence electrons. The lowest BCUT2D eigenvalue weighted by Gasteiger charge is -2.11. The zero-order valence-electron chi connectivity index (χ0n) is 9.79. The molecule has 0 atom stereocenters. The van der Waals surface area contributed by atoms with E-state index in [4.69, 9.17) is 5.73 Å². The van der Waals surface area contributed by atoms with Crippen molar-refractivity contribution in [1.82, 2.24) is 0 Å². The normalized spacial score (nSPS) is 10.4. The third-order valence-corrected chi connectivity index (χ3v) is 3.71. The van der Waals surface area contributed by atoms with Gasteiger partial charge in [0.2, 0.25) is 0 Å². The molecular weight excluding hydrogens is 216 g/mol. The zero-order chi connectivity index (χ0) is 11.7. The quantitative estimate of drug-likeness (QED) is 0.768. The fourth-order valence-corrected chi connectivity index (χ4v) is 2.40. The third kappa shape index (κ3) is 2.04. The Hall–Kier alpha value is -1.48. The van der Waals surface area contributed by atoms with Crippen LogP contribution in [0, 0.1) is 20.8 Å². The van der Waals surface area contributed by atoms with Gasteiger partial charge in [0.15, 0.2) is 0 Å². The van der Waals surface area contributed by atoms with Crippen LogP contribution in [0.1, 0.15) is 16.7 Å². The Balaban J connectivity index is 2.35. The predicted molar refractivity (Wildman–Crippen MR) is 72.7 cm³/mol. The van der Waals surface area contributed by atoms with Gasteiger partial charge < -0.3 is 11.1 Å². The first kappa shape index (κ1) is 11.0. The van der Waals surface area contributed by atoms with E-state index in [2.05, 4.69) is 43.6 Å². The van der Waals surface area contributed by atoms with Crippen molar-refractivity contribution in [3.63, 3.8) is 0 Å². The average Bonchev–Trinajstić information content (AvgIpc) is 2.61. The maximum atomic E-state index is 6.00. The summed E-state index contributed by atoms with van der Waals surface area (Å²) < 4.78 is 0. The van der Waals surface area contributed by atoms with Gasteiger partial charge in [0, 0.05) is 0 Å². The van der Waals surface area contributed by atoms with E-state index in [1.54, 1.807) is 11.3 Å². The van der Waals surface area contributed by atoms with Gasteiger partial charge in [-0.2, -0.15) is 0 Å². The third-order valence-electron chi connectivity index (χ3n) is 2.78. The van der Waals surface area contributed by atoms with Crippen LogP contribution in [0.4, 0.5) is 16.4 Å². The summed E-state index contributed by atoms with van der Waals surface area (Å²) in [4.78, 5) is 0. The maximum Gasteiger partial charge on any atom is 0.0956 e. The van der Waals surface area contributed by atoms with Crippen LogP contribution in [0.25, 0.3) is 0 Å². The van der Waals surface area contributed by atoms with Crippen LogP contribution in [-0.4, -0.2) is 0 Å². The molecule has 0 unspecified atom stereocenters. The molecule has 1 aromatic heterocycles. The van der Waals surface area contributed by atoms with Gasteiger partial charge in [-0.3, -0.25) is 0 Å². The lowest BCUT2D eigenvalue weighted by Crippen LogP contribution is -1.97. The second kappa shape index (κ2) is 4.18. The fraction of sp³-hybridized carbons (Fsp3) is 0.231. The number of nitrogens with one attached hydrogen (secondary N) is 1. The lowest BCUT2D eigenvalue weighted by molar-refractivity contribution is 1.34. The highest BCUT2D eigenvalue weighted by atomic mass is 32.1. The van der Waals surface area contributed by atoms with E-state index in [1.165, 1.54) is 16.7 Å². The number of aryl methyl sites for hydroxylation is 3. The summed E-state index contributed by atoms with van der Waals surface area (Å²) in [6, 6.07) is 6.22. The molecule has 0 radical (unpaired) electrons. The number of hydrogen-bond donors (Lipinski definition) is 2. The van der Waals surface area contributed by atoms with Gasteiger partial charge in [0.05, 0.1) is 16.4 Å². The van der Waals surface area contributed by atoms with E-state index in [-0.39, 0.29) is 0 Å². The molecule has 3 heteroatoms. The van der Waals surface area contributed by atoms with Crippen LogP contribution in [-0.2, 0) is 0 Å². The summed E-state index contributed by atoms with van der Waals surface area (Å²) in [5.41, 5.74) is 11.5. The van der Waals surface area contributed by atoms with E-state index in [0.717, 1.165) is 16.4 Å². The van der Waals surface area contributed by atoms with Crippen LogP contribution < -0.4 is 11.1 Å². The molecule has 3 N–H and O–H groups in total. The van der Waals surface area contributed by atoms with Gasteiger partial charge in [-0.25, -0.2) is 0 Å². The van der Waals surface area contributed by atoms with Crippen molar-refractivity contribution < 1.29 is 0 Å². The Morgan fingerprint density at radius 3 is 2.38 bits per heavy atom.